The van der Waals surface area contributed by atoms with Crippen LogP contribution in [0.3, 0.4) is 0 Å². The van der Waals surface area contributed by atoms with E-state index in [0.717, 1.165) is 44.9 Å². The quantitative estimate of drug-likeness (QED) is 0.234. The summed E-state index contributed by atoms with van der Waals surface area (Å²) < 4.78 is 13.4. The number of anilines is 2. The summed E-state index contributed by atoms with van der Waals surface area (Å²) in [6, 6.07) is 33.6. The van der Waals surface area contributed by atoms with Crippen LogP contribution in [0, 0.1) is 0 Å². The van der Waals surface area contributed by atoms with Crippen molar-refractivity contribution in [1.29, 1.82) is 0 Å². The second kappa shape index (κ2) is 9.70. The summed E-state index contributed by atoms with van der Waals surface area (Å²) >= 11 is 0. The zero-order chi connectivity index (χ0) is 25.2. The number of carbonyl (C=O) groups is 1. The molecule has 5 aromatic rings. The van der Waals surface area contributed by atoms with E-state index in [9.17, 15) is 4.79 Å². The van der Waals surface area contributed by atoms with Crippen LogP contribution >= 0.6 is 0 Å². The lowest BCUT2D eigenvalue weighted by Crippen LogP contribution is -2.20. The molecule has 0 N–H and O–H groups in total. The Kier molecular flexibility index (Phi) is 5.95. The Hall–Kier alpha value is -4.77. The molecule has 1 aromatic heterocycles. The smallest absolute Gasteiger partial charge is 0.263 e. The summed E-state index contributed by atoms with van der Waals surface area (Å²) in [6.45, 7) is 1.20. The van der Waals surface area contributed by atoms with Crippen LogP contribution in [-0.4, -0.2) is 24.2 Å². The van der Waals surface area contributed by atoms with Gasteiger partial charge < -0.3 is 14.0 Å². The normalized spacial score (nSPS) is 13.8. The highest BCUT2D eigenvalue weighted by Gasteiger charge is 2.33. The third kappa shape index (κ3) is 4.25. The number of para-hydroxylation sites is 3. The molecule has 0 fully saturated rings. The first-order chi connectivity index (χ1) is 18.2. The fourth-order valence-electron chi connectivity index (χ4n) is 4.88. The molecule has 0 saturated heterocycles. The molecule has 1 aliphatic heterocycles. The molecule has 0 aliphatic carbocycles. The minimum atomic E-state index is -0.0212. The van der Waals surface area contributed by atoms with Crippen molar-refractivity contribution in [2.75, 3.05) is 18.6 Å². The number of benzene rings is 4. The Labute approximate surface area is 215 Å². The maximum Gasteiger partial charge on any atom is 0.263 e. The van der Waals surface area contributed by atoms with Crippen LogP contribution in [-0.2, 0) is 11.3 Å². The number of aromatic nitrogens is 1. The summed E-state index contributed by atoms with van der Waals surface area (Å²) in [5.41, 5.74) is 5.51. The van der Waals surface area contributed by atoms with Gasteiger partial charge in [0.25, 0.3) is 5.91 Å². The third-order valence-corrected chi connectivity index (χ3v) is 6.66. The molecule has 5 nitrogen and oxygen atoms in total. The van der Waals surface area contributed by atoms with Gasteiger partial charge in [0.2, 0.25) is 0 Å². The van der Waals surface area contributed by atoms with Crippen LogP contribution in [0.5, 0.6) is 11.5 Å². The second-order valence-electron chi connectivity index (χ2n) is 8.87. The molecule has 182 valence electrons. The van der Waals surface area contributed by atoms with Gasteiger partial charge in [-0.1, -0.05) is 54.6 Å². The summed E-state index contributed by atoms with van der Waals surface area (Å²) in [5, 5.41) is 1.10. The first-order valence-corrected chi connectivity index (χ1v) is 12.3. The van der Waals surface area contributed by atoms with Gasteiger partial charge in [0.15, 0.2) is 0 Å². The van der Waals surface area contributed by atoms with Crippen molar-refractivity contribution in [3.05, 3.63) is 120 Å². The molecule has 0 saturated carbocycles. The lowest BCUT2D eigenvalue weighted by molar-refractivity contribution is -0.112. The van der Waals surface area contributed by atoms with Crippen molar-refractivity contribution in [3.8, 4) is 11.5 Å². The van der Waals surface area contributed by atoms with Crippen molar-refractivity contribution < 1.29 is 14.3 Å². The molecule has 1 amide bonds. The van der Waals surface area contributed by atoms with E-state index in [4.69, 9.17) is 9.47 Å². The molecule has 1 aliphatic rings. The van der Waals surface area contributed by atoms with E-state index >= 15 is 0 Å². The fraction of sp³-hybridized carbons (Fsp3) is 0.0938. The van der Waals surface area contributed by atoms with Crippen molar-refractivity contribution in [3.63, 3.8) is 0 Å². The Bertz CT molecular complexity index is 1600. The number of carbonyl (C=O) groups excluding carboxylic acids is 1. The Balaban J connectivity index is 1.32. The molecule has 0 atom stereocenters. The largest absolute Gasteiger partial charge is 0.497 e. The van der Waals surface area contributed by atoms with Crippen LogP contribution in [0.2, 0.25) is 0 Å². The van der Waals surface area contributed by atoms with E-state index in [-0.39, 0.29) is 5.91 Å². The topological polar surface area (TPSA) is 43.7 Å². The van der Waals surface area contributed by atoms with Crippen LogP contribution in [0.15, 0.2) is 109 Å². The molecule has 0 radical (unpaired) electrons. The van der Waals surface area contributed by atoms with Crippen LogP contribution in [0.4, 0.5) is 11.4 Å². The average molecular weight is 487 g/mol. The van der Waals surface area contributed by atoms with Gasteiger partial charge in [-0.05, 0) is 54.6 Å². The summed E-state index contributed by atoms with van der Waals surface area (Å²) in [5.74, 6) is 1.58. The Morgan fingerprint density at radius 1 is 0.784 bits per heavy atom. The average Bonchev–Trinajstić information content (AvgIpc) is 3.44. The maximum atomic E-state index is 13.7. The number of hydrogen-bond donors (Lipinski definition) is 0. The highest BCUT2D eigenvalue weighted by Crippen LogP contribution is 2.42. The summed E-state index contributed by atoms with van der Waals surface area (Å²) in [4.78, 5) is 15.5. The number of ether oxygens (including phenoxy) is 2. The molecule has 4 aromatic carbocycles. The van der Waals surface area contributed by atoms with E-state index in [2.05, 4.69) is 22.9 Å². The SMILES string of the molecule is COc1ccc(OCCn2cc(/C=C3/C(=O)N(c4ccccc4)c4ccccc43)c3ccccc32)cc1. The predicted molar refractivity (Wildman–Crippen MR) is 148 cm³/mol. The number of methoxy groups -OCH3 is 1. The first kappa shape index (κ1) is 22.7. The van der Waals surface area contributed by atoms with Crippen LogP contribution in [0.1, 0.15) is 11.1 Å². The molecule has 0 spiro atoms. The van der Waals surface area contributed by atoms with Gasteiger partial charge in [-0.15, -0.1) is 0 Å². The zero-order valence-electron chi connectivity index (χ0n) is 20.5. The number of fused-ring (bicyclic) bond motifs is 2. The van der Waals surface area contributed by atoms with Gasteiger partial charge in [0.1, 0.15) is 18.1 Å². The molecule has 5 heteroatoms. The van der Waals surface area contributed by atoms with Crippen molar-refractivity contribution in [2.45, 2.75) is 6.54 Å². The molecule has 0 bridgehead atoms. The lowest BCUT2D eigenvalue weighted by atomic mass is 10.0. The summed E-state index contributed by atoms with van der Waals surface area (Å²) in [6.07, 6.45) is 4.13. The predicted octanol–water partition coefficient (Wildman–Crippen LogP) is 6.95. The van der Waals surface area contributed by atoms with E-state index < -0.39 is 0 Å². The number of rotatable bonds is 7. The van der Waals surface area contributed by atoms with E-state index in [1.165, 1.54) is 0 Å². The van der Waals surface area contributed by atoms with Crippen molar-refractivity contribution in [1.82, 2.24) is 4.57 Å². The standard InChI is InChI=1S/C32H26N2O3/c1-36-25-15-17-26(18-16-25)37-20-19-33-22-23(27-11-5-7-13-30(27)33)21-29-28-12-6-8-14-31(28)34(32(29)35)24-9-3-2-4-10-24/h2-18,21-22H,19-20H2,1H3/b29-21+. The van der Waals surface area contributed by atoms with E-state index in [1.807, 2.05) is 97.1 Å². The minimum Gasteiger partial charge on any atom is -0.497 e. The van der Waals surface area contributed by atoms with Crippen molar-refractivity contribution in [2.24, 2.45) is 0 Å². The van der Waals surface area contributed by atoms with Gasteiger partial charge >= 0.3 is 0 Å². The molecule has 0 unspecified atom stereocenters. The molecular formula is C32H26N2O3. The molecule has 6 rings (SSSR count). The third-order valence-electron chi connectivity index (χ3n) is 6.66. The van der Waals surface area contributed by atoms with Gasteiger partial charge in [0, 0.05) is 33.9 Å². The Morgan fingerprint density at radius 2 is 1.49 bits per heavy atom. The maximum absolute atomic E-state index is 13.7. The fourth-order valence-corrected chi connectivity index (χ4v) is 4.88. The van der Waals surface area contributed by atoms with E-state index in [0.29, 0.717) is 18.7 Å². The summed E-state index contributed by atoms with van der Waals surface area (Å²) in [7, 11) is 1.65. The molecule has 2 heterocycles. The highest BCUT2D eigenvalue weighted by atomic mass is 16.5. The van der Waals surface area contributed by atoms with E-state index in [1.54, 1.807) is 12.0 Å². The first-order valence-electron chi connectivity index (χ1n) is 12.3. The minimum absolute atomic E-state index is 0.0212. The van der Waals surface area contributed by atoms with Gasteiger partial charge in [-0.25, -0.2) is 0 Å². The highest BCUT2D eigenvalue weighted by molar-refractivity contribution is 6.38. The van der Waals surface area contributed by atoms with Gasteiger partial charge in [-0.3, -0.25) is 9.69 Å². The van der Waals surface area contributed by atoms with Gasteiger partial charge in [0.05, 0.1) is 24.9 Å². The number of hydrogen-bond acceptors (Lipinski definition) is 3. The molecular weight excluding hydrogens is 460 g/mol. The van der Waals surface area contributed by atoms with Crippen molar-refractivity contribution >= 4 is 39.8 Å². The Morgan fingerprint density at radius 3 is 2.30 bits per heavy atom. The molecule has 37 heavy (non-hydrogen) atoms. The monoisotopic (exact) mass is 486 g/mol. The van der Waals surface area contributed by atoms with Crippen LogP contribution in [0.25, 0.3) is 22.6 Å². The lowest BCUT2D eigenvalue weighted by Gasteiger charge is -2.16. The number of nitrogens with zero attached hydrogens (tertiary/aromatic N) is 2. The zero-order valence-corrected chi connectivity index (χ0v) is 20.5. The second-order valence-corrected chi connectivity index (χ2v) is 8.87. The number of amides is 1. The van der Waals surface area contributed by atoms with Crippen LogP contribution < -0.4 is 14.4 Å². The van der Waals surface area contributed by atoms with Gasteiger partial charge in [-0.2, -0.15) is 0 Å².